The van der Waals surface area contributed by atoms with Gasteiger partial charge in [0.15, 0.2) is 0 Å². The van der Waals surface area contributed by atoms with E-state index in [1.54, 1.807) is 6.92 Å². The van der Waals surface area contributed by atoms with Gasteiger partial charge in [-0.3, -0.25) is 4.79 Å². The van der Waals surface area contributed by atoms with Crippen molar-refractivity contribution in [3.05, 3.63) is 34.3 Å². The molecular weight excluding hydrogens is 274 g/mol. The van der Waals surface area contributed by atoms with Crippen molar-refractivity contribution in [3.8, 4) is 0 Å². The van der Waals surface area contributed by atoms with Gasteiger partial charge in [-0.1, -0.05) is 18.5 Å². The highest BCUT2D eigenvalue weighted by Gasteiger charge is 2.31. The Morgan fingerprint density at radius 1 is 1.37 bits per heavy atom. The highest BCUT2D eigenvalue weighted by Crippen LogP contribution is 2.29. The Balaban J connectivity index is 3.36. The van der Waals surface area contributed by atoms with Crippen LogP contribution >= 0.6 is 11.6 Å². The largest absolute Gasteiger partial charge is 0.465 e. The van der Waals surface area contributed by atoms with Gasteiger partial charge < -0.3 is 10.2 Å². The number of rotatable bonds is 4. The highest BCUT2D eigenvalue weighted by atomic mass is 35.5. The van der Waals surface area contributed by atoms with E-state index in [-0.39, 0.29) is 22.4 Å². The van der Waals surface area contributed by atoms with Gasteiger partial charge >= 0.3 is 12.2 Å². The summed E-state index contributed by atoms with van der Waals surface area (Å²) in [7, 11) is 0. The molecule has 0 bridgehead atoms. The molecule has 0 saturated heterocycles. The molecule has 2 amide bonds. The lowest BCUT2D eigenvalue weighted by atomic mass is 9.98. The molecule has 0 aliphatic heterocycles. The van der Waals surface area contributed by atoms with E-state index in [1.807, 2.05) is 0 Å². The minimum Gasteiger partial charge on any atom is -0.465 e. The van der Waals surface area contributed by atoms with Crippen LogP contribution in [-0.2, 0) is 0 Å². The fourth-order valence-electron chi connectivity index (χ4n) is 1.83. The molecule has 1 atom stereocenters. The summed E-state index contributed by atoms with van der Waals surface area (Å²) in [5.41, 5.74) is 0.485. The molecule has 7 heteroatoms. The number of hydrogen-bond donors (Lipinski definition) is 2. The van der Waals surface area contributed by atoms with Gasteiger partial charge in [0.05, 0.1) is 6.04 Å². The van der Waals surface area contributed by atoms with Gasteiger partial charge in [0.2, 0.25) is 0 Å². The lowest BCUT2D eigenvalue weighted by Gasteiger charge is -2.25. The zero-order valence-electron chi connectivity index (χ0n) is 10.0. The number of halogens is 1. The van der Waals surface area contributed by atoms with Crippen LogP contribution in [0, 0.1) is 0 Å². The van der Waals surface area contributed by atoms with E-state index in [1.165, 1.54) is 18.2 Å². The number of hydrogen-bond acceptors (Lipinski definition) is 3. The second-order valence-electron chi connectivity index (χ2n) is 3.75. The molecular formula is C12H12ClNO5. The molecule has 6 nitrogen and oxygen atoms in total. The lowest BCUT2D eigenvalue weighted by molar-refractivity contribution is 0.103. The molecule has 19 heavy (non-hydrogen) atoms. The summed E-state index contributed by atoms with van der Waals surface area (Å²) in [4.78, 5) is 33.3. The van der Waals surface area contributed by atoms with Gasteiger partial charge in [-0.15, -0.1) is 0 Å². The number of carbonyl (C=O) groups is 3. The van der Waals surface area contributed by atoms with Crippen LogP contribution in [0.3, 0.4) is 0 Å². The Morgan fingerprint density at radius 3 is 2.37 bits per heavy atom. The maximum Gasteiger partial charge on any atom is 0.417 e. The molecule has 0 fully saturated rings. The third-order valence-corrected chi connectivity index (χ3v) is 2.88. The van der Waals surface area contributed by atoms with Gasteiger partial charge in [0.1, 0.15) is 6.29 Å². The summed E-state index contributed by atoms with van der Waals surface area (Å²) in [5.74, 6) is 0. The fourth-order valence-corrected chi connectivity index (χ4v) is 2.01. The summed E-state index contributed by atoms with van der Waals surface area (Å²) in [5, 5.41) is 18.2. The van der Waals surface area contributed by atoms with Crippen molar-refractivity contribution in [2.45, 2.75) is 19.4 Å². The van der Waals surface area contributed by atoms with Gasteiger partial charge in [-0.05, 0) is 30.2 Å². The molecule has 0 spiro atoms. The highest BCUT2D eigenvalue weighted by molar-refractivity contribution is 6.30. The minimum absolute atomic E-state index is 0.194. The Morgan fingerprint density at radius 2 is 1.95 bits per heavy atom. The summed E-state index contributed by atoms with van der Waals surface area (Å²) in [6, 6.07) is 3.33. The van der Waals surface area contributed by atoms with Crippen molar-refractivity contribution in [3.63, 3.8) is 0 Å². The van der Waals surface area contributed by atoms with Crippen LogP contribution in [0.1, 0.15) is 35.3 Å². The van der Waals surface area contributed by atoms with E-state index in [0.29, 0.717) is 11.3 Å². The quantitative estimate of drug-likeness (QED) is 0.828. The lowest BCUT2D eigenvalue weighted by Crippen LogP contribution is -2.38. The molecule has 2 N–H and O–H groups in total. The van der Waals surface area contributed by atoms with E-state index in [2.05, 4.69) is 0 Å². The van der Waals surface area contributed by atoms with Crippen molar-refractivity contribution in [2.75, 3.05) is 0 Å². The molecule has 102 valence electrons. The van der Waals surface area contributed by atoms with Crippen molar-refractivity contribution in [2.24, 2.45) is 0 Å². The normalized spacial score (nSPS) is 11.7. The number of amides is 2. The smallest absolute Gasteiger partial charge is 0.417 e. The zero-order valence-corrected chi connectivity index (χ0v) is 10.8. The summed E-state index contributed by atoms with van der Waals surface area (Å²) in [6.07, 6.45) is -2.47. The van der Waals surface area contributed by atoms with Crippen LogP contribution in [0.2, 0.25) is 5.02 Å². The number of benzene rings is 1. The molecule has 0 heterocycles. The van der Waals surface area contributed by atoms with Crippen LogP contribution in [0.25, 0.3) is 0 Å². The van der Waals surface area contributed by atoms with Crippen molar-refractivity contribution in [1.29, 1.82) is 0 Å². The molecule has 1 rings (SSSR count). The monoisotopic (exact) mass is 285 g/mol. The molecule has 0 unspecified atom stereocenters. The minimum atomic E-state index is -1.60. The summed E-state index contributed by atoms with van der Waals surface area (Å²) in [6.45, 7) is 1.62. The maximum atomic E-state index is 11.0. The second-order valence-corrected chi connectivity index (χ2v) is 4.19. The molecule has 1 aromatic rings. The third kappa shape index (κ3) is 3.23. The number of carbonyl (C=O) groups excluding carboxylic acids is 1. The number of nitrogens with zero attached hydrogens (tertiary/aromatic N) is 1. The molecule has 0 aliphatic rings. The Hall–Kier alpha value is -2.08. The van der Waals surface area contributed by atoms with Crippen molar-refractivity contribution < 1.29 is 24.6 Å². The van der Waals surface area contributed by atoms with Crippen LogP contribution < -0.4 is 0 Å². The first kappa shape index (κ1) is 15.0. The van der Waals surface area contributed by atoms with Gasteiger partial charge in [0.25, 0.3) is 0 Å². The summed E-state index contributed by atoms with van der Waals surface area (Å²) >= 11 is 5.81. The average molecular weight is 286 g/mol. The van der Waals surface area contributed by atoms with E-state index in [4.69, 9.17) is 21.8 Å². The van der Waals surface area contributed by atoms with Gasteiger partial charge in [-0.2, -0.15) is 0 Å². The first-order valence-corrected chi connectivity index (χ1v) is 5.79. The van der Waals surface area contributed by atoms with Gasteiger partial charge in [-0.25, -0.2) is 14.5 Å². The maximum absolute atomic E-state index is 11.0. The van der Waals surface area contributed by atoms with E-state index in [9.17, 15) is 14.4 Å². The van der Waals surface area contributed by atoms with Crippen LogP contribution in [0.4, 0.5) is 9.59 Å². The Kier molecular flexibility index (Phi) is 4.88. The second kappa shape index (κ2) is 6.19. The van der Waals surface area contributed by atoms with E-state index >= 15 is 0 Å². The average Bonchev–Trinajstić information content (AvgIpc) is 2.34. The predicted molar refractivity (Wildman–Crippen MR) is 67.8 cm³/mol. The number of aldehydes is 1. The first-order chi connectivity index (χ1) is 8.92. The van der Waals surface area contributed by atoms with Gasteiger partial charge in [0, 0.05) is 10.6 Å². The number of imide groups is 1. The molecule has 1 aromatic carbocycles. The topological polar surface area (TPSA) is 94.9 Å². The van der Waals surface area contributed by atoms with Crippen LogP contribution in [-0.4, -0.2) is 33.6 Å². The molecule has 0 radical (unpaired) electrons. The predicted octanol–water partition coefficient (Wildman–Crippen LogP) is 3.26. The van der Waals surface area contributed by atoms with Crippen molar-refractivity contribution >= 4 is 30.1 Å². The third-order valence-electron chi connectivity index (χ3n) is 2.65. The zero-order chi connectivity index (χ0) is 14.6. The SMILES string of the molecule is CC[C@H](c1cc(Cl)ccc1C=O)N(C(=O)O)C(=O)O. The number of carboxylic acid groups (broad SMARTS) is 2. The molecule has 0 saturated carbocycles. The molecule has 0 aromatic heterocycles. The standard InChI is InChI=1S/C12H12ClNO5/c1-2-10(14(11(16)17)12(18)19)9-5-8(13)4-3-7(9)6-15/h3-6,10H,2H2,1H3,(H,16,17)(H,18,19)/t10-/m1/s1. The Labute approximate surface area is 114 Å². The fraction of sp³-hybridized carbons (Fsp3) is 0.250. The van der Waals surface area contributed by atoms with Crippen LogP contribution in [0.5, 0.6) is 0 Å². The van der Waals surface area contributed by atoms with Crippen LogP contribution in [0.15, 0.2) is 18.2 Å². The summed E-state index contributed by atoms with van der Waals surface area (Å²) < 4.78 is 0. The van der Waals surface area contributed by atoms with Crippen molar-refractivity contribution in [1.82, 2.24) is 4.90 Å². The first-order valence-electron chi connectivity index (χ1n) is 5.42. The van der Waals surface area contributed by atoms with E-state index < -0.39 is 18.2 Å². The Bertz CT molecular complexity index is 503. The molecule has 0 aliphatic carbocycles. The van der Waals surface area contributed by atoms with E-state index in [0.717, 1.165) is 0 Å².